The Bertz CT molecular complexity index is 855. The Labute approximate surface area is 141 Å². The number of carbonyl (C=O) groups excluding carboxylic acids is 1. The first-order chi connectivity index (χ1) is 11.5. The molecule has 1 amide bonds. The van der Waals surface area contributed by atoms with E-state index in [1.54, 1.807) is 6.07 Å². The topological polar surface area (TPSA) is 64.0 Å². The molecule has 2 aliphatic carbocycles. The van der Waals surface area contributed by atoms with E-state index < -0.39 is 0 Å². The molecule has 2 aromatic rings. The number of nitrogens with one attached hydrogen (secondary N) is 1. The van der Waals surface area contributed by atoms with Crippen LogP contribution in [0.4, 0.5) is 0 Å². The number of para-hydroxylation sites is 1. The van der Waals surface area contributed by atoms with Crippen LogP contribution in [0, 0.1) is 17.8 Å². The monoisotopic (exact) mass is 325 g/mol. The molecule has 3 atom stereocenters. The molecule has 24 heavy (non-hydrogen) atoms. The number of amides is 1. The van der Waals surface area contributed by atoms with Gasteiger partial charge in [0.15, 0.2) is 0 Å². The number of carbonyl (C=O) groups is 1. The first-order valence-electron chi connectivity index (χ1n) is 8.87. The molecule has 0 radical (unpaired) electrons. The van der Waals surface area contributed by atoms with Crippen molar-refractivity contribution in [3.8, 4) is 0 Å². The molecule has 0 spiro atoms. The summed E-state index contributed by atoms with van der Waals surface area (Å²) in [6.07, 6.45) is 4.52. The summed E-state index contributed by atoms with van der Waals surface area (Å²) in [4.78, 5) is 30.3. The highest BCUT2D eigenvalue weighted by Crippen LogP contribution is 2.48. The minimum atomic E-state index is -0.194. The van der Waals surface area contributed by atoms with Crippen LogP contribution in [-0.4, -0.2) is 15.6 Å². The molecule has 126 valence electrons. The fourth-order valence-corrected chi connectivity index (χ4v) is 4.40. The molecule has 1 heterocycles. The third-order valence-corrected chi connectivity index (χ3v) is 5.61. The second-order valence-electron chi connectivity index (χ2n) is 7.54. The number of benzene rings is 1. The summed E-state index contributed by atoms with van der Waals surface area (Å²) >= 11 is 0. The number of hydrogen-bond donors (Lipinski definition) is 1. The summed E-state index contributed by atoms with van der Waals surface area (Å²) in [5.74, 6) is 1.85. The lowest BCUT2D eigenvalue weighted by Crippen LogP contribution is -2.40. The van der Waals surface area contributed by atoms with Crippen molar-refractivity contribution < 1.29 is 4.79 Å². The lowest BCUT2D eigenvalue weighted by Gasteiger charge is -2.23. The molecule has 1 aromatic heterocycles. The molecule has 0 aliphatic heterocycles. The van der Waals surface area contributed by atoms with Gasteiger partial charge >= 0.3 is 0 Å². The molecular weight excluding hydrogens is 302 g/mol. The maximum Gasteiger partial charge on any atom is 0.280 e. The van der Waals surface area contributed by atoms with E-state index in [4.69, 9.17) is 0 Å². The van der Waals surface area contributed by atoms with Gasteiger partial charge < -0.3 is 0 Å². The van der Waals surface area contributed by atoms with Gasteiger partial charge in [-0.1, -0.05) is 32.4 Å². The van der Waals surface area contributed by atoms with E-state index in [0.29, 0.717) is 28.6 Å². The van der Waals surface area contributed by atoms with E-state index in [9.17, 15) is 9.59 Å². The van der Waals surface area contributed by atoms with Crippen molar-refractivity contribution in [2.24, 2.45) is 17.8 Å². The number of nitrogens with zero attached hydrogens (tertiary/aromatic N) is 2. The van der Waals surface area contributed by atoms with Gasteiger partial charge in [-0.25, -0.2) is 9.66 Å². The molecule has 5 nitrogen and oxygen atoms in total. The summed E-state index contributed by atoms with van der Waals surface area (Å²) in [6.45, 7) is 3.97. The Hall–Kier alpha value is -2.17. The van der Waals surface area contributed by atoms with Gasteiger partial charge in [0.1, 0.15) is 5.82 Å². The van der Waals surface area contributed by atoms with Gasteiger partial charge in [0, 0.05) is 11.8 Å². The van der Waals surface area contributed by atoms with E-state index in [1.165, 1.54) is 17.5 Å². The smallest absolute Gasteiger partial charge is 0.273 e. The van der Waals surface area contributed by atoms with Gasteiger partial charge in [0.05, 0.1) is 10.9 Å². The maximum atomic E-state index is 12.9. The maximum absolute atomic E-state index is 12.9. The number of rotatable bonds is 3. The van der Waals surface area contributed by atoms with Crippen LogP contribution in [0.15, 0.2) is 29.1 Å². The van der Waals surface area contributed by atoms with E-state index in [0.717, 1.165) is 12.8 Å². The SMILES string of the molecule is CC(C)c1nc2ccccc2c(=O)n1NC(=O)C1CC2CCC1C2. The van der Waals surface area contributed by atoms with Gasteiger partial charge in [-0.3, -0.25) is 15.0 Å². The highest BCUT2D eigenvalue weighted by Gasteiger charge is 2.43. The Kier molecular flexibility index (Phi) is 3.66. The molecule has 0 saturated heterocycles. The highest BCUT2D eigenvalue weighted by atomic mass is 16.2. The van der Waals surface area contributed by atoms with Gasteiger partial charge in [0.2, 0.25) is 5.91 Å². The van der Waals surface area contributed by atoms with Crippen LogP contribution < -0.4 is 11.0 Å². The molecule has 2 saturated carbocycles. The van der Waals surface area contributed by atoms with E-state index >= 15 is 0 Å². The zero-order valence-corrected chi connectivity index (χ0v) is 14.2. The van der Waals surface area contributed by atoms with Crippen molar-refractivity contribution in [1.29, 1.82) is 0 Å². The molecule has 1 N–H and O–H groups in total. The molecule has 2 bridgehead atoms. The highest BCUT2D eigenvalue weighted by molar-refractivity contribution is 5.87. The fraction of sp³-hybridized carbons (Fsp3) is 0.526. The third-order valence-electron chi connectivity index (χ3n) is 5.61. The molecule has 2 aliphatic rings. The second-order valence-corrected chi connectivity index (χ2v) is 7.54. The van der Waals surface area contributed by atoms with Gasteiger partial charge in [-0.2, -0.15) is 0 Å². The Balaban J connectivity index is 1.72. The summed E-state index contributed by atoms with van der Waals surface area (Å²) in [5.41, 5.74) is 3.37. The van der Waals surface area contributed by atoms with Crippen LogP contribution >= 0.6 is 0 Å². The van der Waals surface area contributed by atoms with Crippen molar-refractivity contribution >= 4 is 16.8 Å². The lowest BCUT2D eigenvalue weighted by atomic mass is 9.88. The predicted molar refractivity (Wildman–Crippen MR) is 93.4 cm³/mol. The van der Waals surface area contributed by atoms with Crippen LogP contribution in [0.3, 0.4) is 0 Å². The third kappa shape index (κ3) is 2.43. The normalized spacial score (nSPS) is 25.5. The van der Waals surface area contributed by atoms with Crippen molar-refractivity contribution in [1.82, 2.24) is 9.66 Å². The van der Waals surface area contributed by atoms with E-state index in [2.05, 4.69) is 10.4 Å². The largest absolute Gasteiger partial charge is 0.280 e. The van der Waals surface area contributed by atoms with Crippen LogP contribution in [0.2, 0.25) is 0 Å². The standard InChI is InChI=1S/C19H23N3O2/c1-11(2)17-20-16-6-4-3-5-14(16)19(24)22(17)21-18(23)15-10-12-7-8-13(15)9-12/h3-6,11-13,15H,7-10H2,1-2H3,(H,21,23). The van der Waals surface area contributed by atoms with Crippen molar-refractivity contribution in [3.63, 3.8) is 0 Å². The van der Waals surface area contributed by atoms with Crippen molar-refractivity contribution in [2.45, 2.75) is 45.4 Å². The predicted octanol–water partition coefficient (Wildman–Crippen LogP) is 3.03. The molecule has 5 heteroatoms. The first-order valence-corrected chi connectivity index (χ1v) is 8.87. The molecule has 2 fully saturated rings. The van der Waals surface area contributed by atoms with Crippen LogP contribution in [-0.2, 0) is 4.79 Å². The summed E-state index contributed by atoms with van der Waals surface area (Å²) in [5, 5.41) is 0.537. The molecular formula is C19H23N3O2. The molecule has 3 unspecified atom stereocenters. The number of aromatic nitrogens is 2. The second kappa shape index (κ2) is 5.72. The summed E-state index contributed by atoms with van der Waals surface area (Å²) < 4.78 is 1.38. The average molecular weight is 325 g/mol. The van der Waals surface area contributed by atoms with Crippen LogP contribution in [0.5, 0.6) is 0 Å². The van der Waals surface area contributed by atoms with Crippen molar-refractivity contribution in [3.05, 3.63) is 40.4 Å². The Morgan fingerprint density at radius 1 is 1.25 bits per heavy atom. The van der Waals surface area contributed by atoms with Gasteiger partial charge in [0.25, 0.3) is 5.56 Å². The molecule has 1 aromatic carbocycles. The summed E-state index contributed by atoms with van der Waals surface area (Å²) in [6, 6.07) is 7.29. The molecule has 4 rings (SSSR count). The van der Waals surface area contributed by atoms with Crippen molar-refractivity contribution in [2.75, 3.05) is 5.43 Å². The minimum absolute atomic E-state index is 0.0247. The lowest BCUT2D eigenvalue weighted by molar-refractivity contribution is -0.122. The number of hydrogen-bond acceptors (Lipinski definition) is 3. The van der Waals surface area contributed by atoms with E-state index in [-0.39, 0.29) is 23.3 Å². The van der Waals surface area contributed by atoms with E-state index in [1.807, 2.05) is 32.0 Å². The van der Waals surface area contributed by atoms with Gasteiger partial charge in [-0.15, -0.1) is 0 Å². The minimum Gasteiger partial charge on any atom is -0.273 e. The Morgan fingerprint density at radius 3 is 2.71 bits per heavy atom. The number of fused-ring (bicyclic) bond motifs is 3. The quantitative estimate of drug-likeness (QED) is 0.943. The van der Waals surface area contributed by atoms with Gasteiger partial charge in [-0.05, 0) is 43.2 Å². The fourth-order valence-electron chi connectivity index (χ4n) is 4.40. The Morgan fingerprint density at radius 2 is 2.04 bits per heavy atom. The van der Waals surface area contributed by atoms with Crippen LogP contribution in [0.25, 0.3) is 10.9 Å². The van der Waals surface area contributed by atoms with Crippen LogP contribution in [0.1, 0.15) is 51.3 Å². The summed E-state index contributed by atoms with van der Waals surface area (Å²) in [7, 11) is 0. The average Bonchev–Trinajstić information content (AvgIpc) is 3.20. The zero-order valence-electron chi connectivity index (χ0n) is 14.2. The zero-order chi connectivity index (χ0) is 16.8. The first kappa shape index (κ1) is 15.4.